The van der Waals surface area contributed by atoms with Crippen molar-refractivity contribution >= 4 is 17.3 Å². The van der Waals surface area contributed by atoms with E-state index in [2.05, 4.69) is 15.2 Å². The second kappa shape index (κ2) is 9.73. The molecule has 2 aromatic heterocycles. The molecular weight excluding hydrogens is 452 g/mol. The summed E-state index contributed by atoms with van der Waals surface area (Å²) in [4.78, 5) is 34.7. The Morgan fingerprint density at radius 3 is 2.69 bits per heavy atom. The van der Waals surface area contributed by atoms with Crippen LogP contribution < -0.4 is 5.32 Å². The van der Waals surface area contributed by atoms with Gasteiger partial charge in [0.15, 0.2) is 11.6 Å². The van der Waals surface area contributed by atoms with E-state index in [-0.39, 0.29) is 30.3 Å². The lowest BCUT2D eigenvalue weighted by Gasteiger charge is -2.40. The van der Waals surface area contributed by atoms with E-state index in [4.69, 9.17) is 0 Å². The Morgan fingerprint density at radius 1 is 1.11 bits per heavy atom. The minimum absolute atomic E-state index is 0.114. The quantitative estimate of drug-likeness (QED) is 0.608. The molecule has 2 aliphatic heterocycles. The minimum Gasteiger partial charge on any atom is -0.350 e. The molecule has 0 bridgehead atoms. The molecule has 5 rings (SSSR count). The molecule has 2 fully saturated rings. The Hall–Kier alpha value is -3.33. The van der Waals surface area contributed by atoms with Gasteiger partial charge >= 0.3 is 0 Å². The SMILES string of the molecule is C[C@H](C(=O)N[C@@H]1CN(C(=O)c2cccn3cncc23)CC[C@H]1c1ccc(F)c(F)c1)N1CCCC1. The van der Waals surface area contributed by atoms with Gasteiger partial charge in [0.05, 0.1) is 35.7 Å². The Labute approximate surface area is 202 Å². The van der Waals surface area contributed by atoms with Gasteiger partial charge in [-0.1, -0.05) is 6.07 Å². The summed E-state index contributed by atoms with van der Waals surface area (Å²) in [5.74, 6) is -2.32. The molecule has 0 unspecified atom stereocenters. The van der Waals surface area contributed by atoms with Crippen molar-refractivity contribution in [2.45, 2.75) is 44.2 Å². The summed E-state index contributed by atoms with van der Waals surface area (Å²) < 4.78 is 29.4. The van der Waals surface area contributed by atoms with Crippen LogP contribution in [-0.2, 0) is 4.79 Å². The van der Waals surface area contributed by atoms with Crippen LogP contribution in [0.2, 0.25) is 0 Å². The topological polar surface area (TPSA) is 70.0 Å². The van der Waals surface area contributed by atoms with Crippen LogP contribution in [0.25, 0.3) is 5.52 Å². The lowest BCUT2D eigenvalue weighted by atomic mass is 9.84. The van der Waals surface area contributed by atoms with Crippen LogP contribution in [0, 0.1) is 11.6 Å². The molecule has 184 valence electrons. The number of carbonyl (C=O) groups is 2. The van der Waals surface area contributed by atoms with Crippen molar-refractivity contribution in [3.63, 3.8) is 0 Å². The summed E-state index contributed by atoms with van der Waals surface area (Å²) in [6, 6.07) is 6.73. The van der Waals surface area contributed by atoms with E-state index in [1.807, 2.05) is 13.1 Å². The van der Waals surface area contributed by atoms with E-state index in [1.54, 1.807) is 40.0 Å². The number of hydrogen-bond acceptors (Lipinski definition) is 4. The number of nitrogens with one attached hydrogen (secondary N) is 1. The number of rotatable bonds is 5. The third-order valence-corrected chi connectivity index (χ3v) is 7.35. The number of hydrogen-bond donors (Lipinski definition) is 1. The molecule has 9 heteroatoms. The van der Waals surface area contributed by atoms with E-state index in [0.29, 0.717) is 29.6 Å². The first-order valence-corrected chi connectivity index (χ1v) is 12.1. The molecule has 0 saturated carbocycles. The Bertz CT molecular complexity index is 1240. The second-order valence-corrected chi connectivity index (χ2v) is 9.46. The van der Waals surface area contributed by atoms with E-state index < -0.39 is 17.7 Å². The summed E-state index contributed by atoms with van der Waals surface area (Å²) in [6.45, 7) is 4.36. The van der Waals surface area contributed by atoms with Crippen molar-refractivity contribution in [3.05, 3.63) is 71.8 Å². The zero-order chi connectivity index (χ0) is 24.5. The van der Waals surface area contributed by atoms with E-state index in [1.165, 1.54) is 6.07 Å². The number of carbonyl (C=O) groups excluding carboxylic acids is 2. The molecule has 3 atom stereocenters. The molecule has 4 heterocycles. The molecule has 0 spiro atoms. The third-order valence-electron chi connectivity index (χ3n) is 7.35. The van der Waals surface area contributed by atoms with Gasteiger partial charge in [0.2, 0.25) is 5.91 Å². The number of fused-ring (bicyclic) bond motifs is 1. The van der Waals surface area contributed by atoms with Crippen LogP contribution in [0.15, 0.2) is 49.1 Å². The number of piperidine rings is 1. The largest absolute Gasteiger partial charge is 0.350 e. The molecule has 0 aliphatic carbocycles. The van der Waals surface area contributed by atoms with Crippen molar-refractivity contribution in [2.24, 2.45) is 0 Å². The van der Waals surface area contributed by atoms with Crippen molar-refractivity contribution in [1.29, 1.82) is 0 Å². The molecule has 2 amide bonds. The molecule has 3 aromatic rings. The van der Waals surface area contributed by atoms with Gasteiger partial charge < -0.3 is 14.6 Å². The lowest BCUT2D eigenvalue weighted by molar-refractivity contribution is -0.126. The normalized spacial score (nSPS) is 21.9. The van der Waals surface area contributed by atoms with Gasteiger partial charge in [0.1, 0.15) is 0 Å². The molecule has 1 aromatic carbocycles. The predicted octanol–water partition coefficient (Wildman–Crippen LogP) is 3.21. The number of amides is 2. The van der Waals surface area contributed by atoms with Crippen LogP contribution >= 0.6 is 0 Å². The van der Waals surface area contributed by atoms with Gasteiger partial charge in [-0.2, -0.15) is 0 Å². The Balaban J connectivity index is 1.40. The van der Waals surface area contributed by atoms with Gasteiger partial charge in [-0.25, -0.2) is 13.8 Å². The van der Waals surface area contributed by atoms with Gasteiger partial charge in [0.25, 0.3) is 5.91 Å². The van der Waals surface area contributed by atoms with Gasteiger partial charge in [-0.3, -0.25) is 14.5 Å². The fraction of sp³-hybridized carbons (Fsp3) is 0.423. The summed E-state index contributed by atoms with van der Waals surface area (Å²) in [5, 5.41) is 3.14. The number of imidazole rings is 1. The fourth-order valence-electron chi connectivity index (χ4n) is 5.32. The molecular formula is C26H29F2N5O2. The van der Waals surface area contributed by atoms with Crippen LogP contribution in [0.1, 0.15) is 48.0 Å². The number of likely N-dealkylation sites (tertiary alicyclic amines) is 2. The van der Waals surface area contributed by atoms with Crippen molar-refractivity contribution in [3.8, 4) is 0 Å². The summed E-state index contributed by atoms with van der Waals surface area (Å²) in [6.07, 6.45) is 7.78. The maximum absolute atomic E-state index is 14.1. The first-order chi connectivity index (χ1) is 16.9. The maximum atomic E-state index is 14.1. The van der Waals surface area contributed by atoms with Crippen LogP contribution in [-0.4, -0.2) is 69.3 Å². The highest BCUT2D eigenvalue weighted by Gasteiger charge is 2.36. The maximum Gasteiger partial charge on any atom is 0.256 e. The highest BCUT2D eigenvalue weighted by atomic mass is 19.2. The minimum atomic E-state index is -0.913. The average Bonchev–Trinajstić information content (AvgIpc) is 3.57. The summed E-state index contributed by atoms with van der Waals surface area (Å²) in [7, 11) is 0. The Kier molecular flexibility index (Phi) is 6.51. The van der Waals surface area contributed by atoms with Gasteiger partial charge in [-0.15, -0.1) is 0 Å². The number of halogens is 2. The number of pyridine rings is 1. The summed E-state index contributed by atoms with van der Waals surface area (Å²) in [5.41, 5.74) is 1.86. The molecule has 2 aliphatic rings. The monoisotopic (exact) mass is 481 g/mol. The van der Waals surface area contributed by atoms with E-state index in [9.17, 15) is 18.4 Å². The number of nitrogens with zero attached hydrogens (tertiary/aromatic N) is 4. The van der Waals surface area contributed by atoms with Crippen LogP contribution in [0.4, 0.5) is 8.78 Å². The van der Waals surface area contributed by atoms with E-state index in [0.717, 1.165) is 32.0 Å². The second-order valence-electron chi connectivity index (χ2n) is 9.46. The van der Waals surface area contributed by atoms with Crippen molar-refractivity contribution in [2.75, 3.05) is 26.2 Å². The standard InChI is InChI=1S/C26H29F2N5O2/c1-17(31-9-2-3-10-31)25(34)30-23-15-32(12-8-19(23)18-6-7-21(27)22(28)13-18)26(35)20-5-4-11-33-16-29-14-24(20)33/h4-7,11,13-14,16-17,19,23H,2-3,8-10,12,15H2,1H3,(H,30,34)/t17-,19+,23-/m1/s1. The highest BCUT2D eigenvalue weighted by Crippen LogP contribution is 2.31. The first-order valence-electron chi connectivity index (χ1n) is 12.1. The van der Waals surface area contributed by atoms with Crippen LogP contribution in [0.5, 0.6) is 0 Å². The third kappa shape index (κ3) is 4.65. The predicted molar refractivity (Wildman–Crippen MR) is 127 cm³/mol. The molecule has 1 N–H and O–H groups in total. The zero-order valence-corrected chi connectivity index (χ0v) is 19.7. The first kappa shape index (κ1) is 23.4. The van der Waals surface area contributed by atoms with Crippen LogP contribution in [0.3, 0.4) is 0 Å². The number of benzene rings is 1. The lowest BCUT2D eigenvalue weighted by Crippen LogP contribution is -2.56. The smallest absolute Gasteiger partial charge is 0.256 e. The molecule has 0 radical (unpaired) electrons. The fourth-order valence-corrected chi connectivity index (χ4v) is 5.32. The van der Waals surface area contributed by atoms with Crippen molar-refractivity contribution < 1.29 is 18.4 Å². The van der Waals surface area contributed by atoms with Gasteiger partial charge in [-0.05, 0) is 69.1 Å². The van der Waals surface area contributed by atoms with E-state index >= 15 is 0 Å². The Morgan fingerprint density at radius 2 is 1.91 bits per heavy atom. The molecule has 2 saturated heterocycles. The van der Waals surface area contributed by atoms with Gasteiger partial charge in [0, 0.05) is 25.2 Å². The number of aromatic nitrogens is 2. The van der Waals surface area contributed by atoms with Crippen molar-refractivity contribution in [1.82, 2.24) is 24.5 Å². The summed E-state index contributed by atoms with van der Waals surface area (Å²) >= 11 is 0. The molecule has 35 heavy (non-hydrogen) atoms. The average molecular weight is 482 g/mol. The zero-order valence-electron chi connectivity index (χ0n) is 19.7. The molecule has 7 nitrogen and oxygen atoms in total. The highest BCUT2D eigenvalue weighted by molar-refractivity contribution is 6.00.